The molecular weight excluding hydrogens is 324 g/mol. The van der Waals surface area contributed by atoms with Gasteiger partial charge in [0.15, 0.2) is 0 Å². The molecule has 2 amide bonds. The second-order valence-corrected chi connectivity index (χ2v) is 6.66. The van der Waals surface area contributed by atoms with Crippen LogP contribution >= 0.6 is 11.8 Å². The number of hydrogen-bond donors (Lipinski definition) is 0. The van der Waals surface area contributed by atoms with Crippen molar-refractivity contribution in [3.05, 3.63) is 53.5 Å². The zero-order chi connectivity index (χ0) is 17.1. The van der Waals surface area contributed by atoms with Crippen molar-refractivity contribution in [1.82, 2.24) is 9.80 Å². The maximum Gasteiger partial charge on any atom is 0.257 e. The van der Waals surface area contributed by atoms with E-state index in [1.54, 1.807) is 22.7 Å². The van der Waals surface area contributed by atoms with Crippen molar-refractivity contribution in [2.45, 2.75) is 11.8 Å². The summed E-state index contributed by atoms with van der Waals surface area (Å²) in [5.41, 5.74) is 2.28. The molecule has 1 aliphatic heterocycles. The summed E-state index contributed by atoms with van der Waals surface area (Å²) in [7, 11) is 0. The van der Waals surface area contributed by atoms with Crippen molar-refractivity contribution in [1.29, 1.82) is 0 Å². The molecule has 2 aromatic rings. The van der Waals surface area contributed by atoms with Crippen LogP contribution in [0, 0.1) is 6.92 Å². The van der Waals surface area contributed by atoms with E-state index in [9.17, 15) is 9.59 Å². The van der Waals surface area contributed by atoms with Gasteiger partial charge in [0.05, 0.1) is 11.8 Å². The molecule has 126 valence electrons. The topological polar surface area (TPSA) is 53.8 Å². The molecule has 1 fully saturated rings. The first-order chi connectivity index (χ1) is 11.6. The predicted octanol–water partition coefficient (Wildman–Crippen LogP) is 2.91. The van der Waals surface area contributed by atoms with E-state index < -0.39 is 0 Å². The fourth-order valence-corrected chi connectivity index (χ4v) is 3.25. The second kappa shape index (κ2) is 7.13. The molecule has 0 N–H and O–H groups in total. The molecule has 24 heavy (non-hydrogen) atoms. The van der Waals surface area contributed by atoms with E-state index in [0.29, 0.717) is 31.7 Å². The molecule has 5 nitrogen and oxygen atoms in total. The number of benzene rings is 1. The third-order valence-corrected chi connectivity index (χ3v) is 5.02. The summed E-state index contributed by atoms with van der Waals surface area (Å²) < 4.78 is 4.96. The molecule has 2 heterocycles. The Morgan fingerprint density at radius 2 is 1.71 bits per heavy atom. The molecule has 3 rings (SSSR count). The molecule has 6 heteroatoms. The lowest BCUT2D eigenvalue weighted by molar-refractivity contribution is 0.0534. The van der Waals surface area contributed by atoms with Crippen LogP contribution in [0.25, 0.3) is 0 Å². The van der Waals surface area contributed by atoms with E-state index >= 15 is 0 Å². The number of carbonyl (C=O) groups excluding carboxylic acids is 2. The van der Waals surface area contributed by atoms with Crippen molar-refractivity contribution < 1.29 is 14.0 Å². The third-order valence-electron chi connectivity index (χ3n) is 4.30. The third kappa shape index (κ3) is 3.33. The molecule has 1 aromatic carbocycles. The Labute approximate surface area is 145 Å². The summed E-state index contributed by atoms with van der Waals surface area (Å²) >= 11 is 1.63. The van der Waals surface area contributed by atoms with Crippen LogP contribution in [-0.4, -0.2) is 54.0 Å². The summed E-state index contributed by atoms with van der Waals surface area (Å²) in [6.07, 6.45) is 4.95. The minimum absolute atomic E-state index is 0.0406. The SMILES string of the molecule is CSc1ccc(C)c(C(=O)N2CCN(C(=O)c3ccoc3)CC2)c1. The lowest BCUT2D eigenvalue weighted by atomic mass is 10.1. The number of carbonyl (C=O) groups is 2. The highest BCUT2D eigenvalue weighted by Gasteiger charge is 2.26. The highest BCUT2D eigenvalue weighted by molar-refractivity contribution is 7.98. The van der Waals surface area contributed by atoms with Crippen LogP contribution in [0.15, 0.2) is 46.1 Å². The quantitative estimate of drug-likeness (QED) is 0.804. The lowest BCUT2D eigenvalue weighted by Gasteiger charge is -2.35. The maximum atomic E-state index is 12.8. The normalized spacial score (nSPS) is 14.8. The van der Waals surface area contributed by atoms with Gasteiger partial charge in [-0.3, -0.25) is 9.59 Å². The summed E-state index contributed by atoms with van der Waals surface area (Å²) in [5, 5.41) is 0. The van der Waals surface area contributed by atoms with Gasteiger partial charge in [-0.15, -0.1) is 11.8 Å². The number of rotatable bonds is 3. The maximum absolute atomic E-state index is 12.8. The summed E-state index contributed by atoms with van der Waals surface area (Å²) in [6.45, 7) is 4.13. The van der Waals surface area contributed by atoms with Crippen molar-refractivity contribution >= 4 is 23.6 Å². The number of aryl methyl sites for hydroxylation is 1. The fraction of sp³-hybridized carbons (Fsp3) is 0.333. The van der Waals surface area contributed by atoms with Gasteiger partial charge in [-0.05, 0) is 36.9 Å². The number of amides is 2. The average molecular weight is 344 g/mol. The largest absolute Gasteiger partial charge is 0.472 e. The lowest BCUT2D eigenvalue weighted by Crippen LogP contribution is -2.50. The summed E-state index contributed by atoms with van der Waals surface area (Å²) in [6, 6.07) is 7.62. The van der Waals surface area contributed by atoms with Crippen molar-refractivity contribution in [2.75, 3.05) is 32.4 Å². The summed E-state index contributed by atoms with van der Waals surface area (Å²) in [4.78, 5) is 29.8. The van der Waals surface area contributed by atoms with Gasteiger partial charge in [-0.25, -0.2) is 0 Å². The Hall–Kier alpha value is -2.21. The number of piperazine rings is 1. The molecule has 0 atom stereocenters. The van der Waals surface area contributed by atoms with Crippen LogP contribution in [-0.2, 0) is 0 Å². The second-order valence-electron chi connectivity index (χ2n) is 5.78. The van der Waals surface area contributed by atoms with Gasteiger partial charge in [0.2, 0.25) is 0 Å². The van der Waals surface area contributed by atoms with Gasteiger partial charge in [-0.1, -0.05) is 6.07 Å². The van der Waals surface area contributed by atoms with E-state index in [4.69, 9.17) is 4.42 Å². The average Bonchev–Trinajstić information content (AvgIpc) is 3.16. The highest BCUT2D eigenvalue weighted by atomic mass is 32.2. The van der Waals surface area contributed by atoms with E-state index in [-0.39, 0.29) is 11.8 Å². The molecule has 0 bridgehead atoms. The predicted molar refractivity (Wildman–Crippen MR) is 93.5 cm³/mol. The Morgan fingerprint density at radius 1 is 1.04 bits per heavy atom. The van der Waals surface area contributed by atoms with Gasteiger partial charge in [0.25, 0.3) is 11.8 Å². The molecule has 0 aliphatic carbocycles. The van der Waals surface area contributed by atoms with Crippen LogP contribution in [0.2, 0.25) is 0 Å². The Kier molecular flexibility index (Phi) is 4.94. The molecule has 1 aromatic heterocycles. The smallest absolute Gasteiger partial charge is 0.257 e. The molecular formula is C18H20N2O3S. The van der Waals surface area contributed by atoms with Gasteiger partial charge in [-0.2, -0.15) is 0 Å². The van der Waals surface area contributed by atoms with Gasteiger partial charge in [0.1, 0.15) is 6.26 Å². The van der Waals surface area contributed by atoms with E-state index in [2.05, 4.69) is 0 Å². The minimum atomic E-state index is -0.0450. The number of nitrogens with zero attached hydrogens (tertiary/aromatic N) is 2. The standard InChI is InChI=1S/C18H20N2O3S/c1-13-3-4-15(24-2)11-16(13)18(22)20-8-6-19(7-9-20)17(21)14-5-10-23-12-14/h3-5,10-12H,6-9H2,1-2H3. The monoisotopic (exact) mass is 344 g/mol. The fourth-order valence-electron chi connectivity index (χ4n) is 2.81. The highest BCUT2D eigenvalue weighted by Crippen LogP contribution is 2.21. The minimum Gasteiger partial charge on any atom is -0.472 e. The molecule has 0 spiro atoms. The molecule has 0 saturated carbocycles. The van der Waals surface area contributed by atoms with Gasteiger partial charge < -0.3 is 14.2 Å². The first-order valence-corrected chi connectivity index (χ1v) is 9.08. The van der Waals surface area contributed by atoms with E-state index in [1.807, 2.05) is 36.3 Å². The molecule has 1 saturated heterocycles. The molecule has 0 unspecified atom stereocenters. The van der Waals surface area contributed by atoms with Crippen molar-refractivity contribution in [3.8, 4) is 0 Å². The molecule has 1 aliphatic rings. The number of thioether (sulfide) groups is 1. The Morgan fingerprint density at radius 3 is 2.29 bits per heavy atom. The number of furan rings is 1. The van der Waals surface area contributed by atoms with Crippen LogP contribution in [0.1, 0.15) is 26.3 Å². The van der Waals surface area contributed by atoms with Gasteiger partial charge in [0, 0.05) is 36.6 Å². The molecule has 0 radical (unpaired) electrons. The summed E-state index contributed by atoms with van der Waals surface area (Å²) in [5.74, 6) is -0.00443. The first-order valence-electron chi connectivity index (χ1n) is 7.85. The number of hydrogen-bond acceptors (Lipinski definition) is 4. The van der Waals surface area contributed by atoms with Crippen LogP contribution in [0.4, 0.5) is 0 Å². The zero-order valence-corrected chi connectivity index (χ0v) is 14.6. The van der Waals surface area contributed by atoms with Crippen molar-refractivity contribution in [2.24, 2.45) is 0 Å². The van der Waals surface area contributed by atoms with E-state index in [1.165, 1.54) is 12.5 Å². The first kappa shape index (κ1) is 16.6. The zero-order valence-electron chi connectivity index (χ0n) is 13.8. The van der Waals surface area contributed by atoms with Crippen LogP contribution in [0.5, 0.6) is 0 Å². The Bertz CT molecular complexity index is 735. The van der Waals surface area contributed by atoms with Crippen molar-refractivity contribution in [3.63, 3.8) is 0 Å². The van der Waals surface area contributed by atoms with E-state index in [0.717, 1.165) is 16.0 Å². The van der Waals surface area contributed by atoms with Gasteiger partial charge >= 0.3 is 0 Å². The Balaban J connectivity index is 1.66. The van der Waals surface area contributed by atoms with Crippen LogP contribution < -0.4 is 0 Å². The van der Waals surface area contributed by atoms with Crippen LogP contribution in [0.3, 0.4) is 0 Å².